The largest absolute Gasteiger partial charge is 0.492 e. The van der Waals surface area contributed by atoms with Crippen LogP contribution in [0.4, 0.5) is 13.2 Å². The zero-order chi connectivity index (χ0) is 13.8. The standard InChI is InChI=1S/C12H14F3NO2/c1-9-4-3-5-10(8-9)18-7-6-16(2)11(17)12(13,14)15/h3-5,8H,6-7H2,1-2H3. The van der Waals surface area contributed by atoms with Gasteiger partial charge in [-0.05, 0) is 24.6 Å². The number of nitrogens with zero attached hydrogens (tertiary/aromatic N) is 1. The van der Waals surface area contributed by atoms with Crippen LogP contribution in [0.5, 0.6) is 5.75 Å². The highest BCUT2D eigenvalue weighted by atomic mass is 19.4. The van der Waals surface area contributed by atoms with E-state index in [9.17, 15) is 18.0 Å². The van der Waals surface area contributed by atoms with Gasteiger partial charge in [-0.15, -0.1) is 0 Å². The van der Waals surface area contributed by atoms with Crippen LogP contribution in [-0.4, -0.2) is 37.2 Å². The molecule has 0 aliphatic carbocycles. The molecule has 18 heavy (non-hydrogen) atoms. The molecule has 3 nitrogen and oxygen atoms in total. The number of rotatable bonds is 4. The van der Waals surface area contributed by atoms with Crippen molar-refractivity contribution in [2.24, 2.45) is 0 Å². The van der Waals surface area contributed by atoms with Crippen molar-refractivity contribution in [3.05, 3.63) is 29.8 Å². The maximum absolute atomic E-state index is 12.1. The molecule has 0 aromatic heterocycles. The van der Waals surface area contributed by atoms with Crippen molar-refractivity contribution in [2.45, 2.75) is 13.1 Å². The maximum atomic E-state index is 12.1. The molecule has 0 bridgehead atoms. The molecule has 0 spiro atoms. The molecule has 0 N–H and O–H groups in total. The Morgan fingerprint density at radius 3 is 2.61 bits per heavy atom. The predicted octanol–water partition coefficient (Wildman–Crippen LogP) is 2.39. The van der Waals surface area contributed by atoms with Crippen LogP contribution in [0.25, 0.3) is 0 Å². The smallest absolute Gasteiger partial charge is 0.471 e. The number of carbonyl (C=O) groups excluding carboxylic acids is 1. The number of alkyl halides is 3. The summed E-state index contributed by atoms with van der Waals surface area (Å²) in [7, 11) is 1.09. The first-order valence-corrected chi connectivity index (χ1v) is 5.32. The first kappa shape index (κ1) is 14.3. The van der Waals surface area contributed by atoms with Gasteiger partial charge in [0.2, 0.25) is 0 Å². The highest BCUT2D eigenvalue weighted by Crippen LogP contribution is 2.17. The van der Waals surface area contributed by atoms with Crippen molar-refractivity contribution < 1.29 is 22.7 Å². The topological polar surface area (TPSA) is 29.5 Å². The lowest BCUT2D eigenvalue weighted by Gasteiger charge is -2.18. The zero-order valence-electron chi connectivity index (χ0n) is 10.1. The Bertz CT molecular complexity index is 418. The summed E-state index contributed by atoms with van der Waals surface area (Å²) in [5.74, 6) is -1.29. The molecule has 1 rings (SSSR count). The fourth-order valence-corrected chi connectivity index (χ4v) is 1.32. The average molecular weight is 261 g/mol. The Kier molecular flexibility index (Phi) is 4.58. The molecule has 0 radical (unpaired) electrons. The minimum atomic E-state index is -4.84. The van der Waals surface area contributed by atoms with E-state index in [-0.39, 0.29) is 13.2 Å². The highest BCUT2D eigenvalue weighted by Gasteiger charge is 2.40. The first-order chi connectivity index (χ1) is 8.30. The van der Waals surface area contributed by atoms with Crippen LogP contribution in [0.1, 0.15) is 5.56 Å². The molecule has 1 aromatic rings. The fraction of sp³-hybridized carbons (Fsp3) is 0.417. The van der Waals surface area contributed by atoms with Gasteiger partial charge in [-0.2, -0.15) is 13.2 Å². The second-order valence-corrected chi connectivity index (χ2v) is 3.89. The van der Waals surface area contributed by atoms with Gasteiger partial charge in [-0.25, -0.2) is 0 Å². The lowest BCUT2D eigenvalue weighted by Crippen LogP contribution is -2.40. The number of ether oxygens (including phenoxy) is 1. The third-order valence-corrected chi connectivity index (χ3v) is 2.27. The van der Waals surface area contributed by atoms with Crippen LogP contribution >= 0.6 is 0 Å². The Morgan fingerprint density at radius 2 is 2.06 bits per heavy atom. The average Bonchev–Trinajstić information content (AvgIpc) is 2.26. The fourth-order valence-electron chi connectivity index (χ4n) is 1.32. The van der Waals surface area contributed by atoms with Gasteiger partial charge in [0.05, 0.1) is 6.54 Å². The number of halogens is 3. The molecule has 0 atom stereocenters. The van der Waals surface area contributed by atoms with Crippen molar-refractivity contribution in [1.29, 1.82) is 0 Å². The van der Waals surface area contributed by atoms with E-state index < -0.39 is 12.1 Å². The molecule has 0 aliphatic rings. The molecule has 100 valence electrons. The Balaban J connectivity index is 2.40. The number of aryl methyl sites for hydroxylation is 1. The first-order valence-electron chi connectivity index (χ1n) is 5.32. The van der Waals surface area contributed by atoms with E-state index in [0.29, 0.717) is 10.6 Å². The number of benzene rings is 1. The van der Waals surface area contributed by atoms with E-state index in [1.54, 1.807) is 18.2 Å². The lowest BCUT2D eigenvalue weighted by atomic mass is 10.2. The van der Waals surface area contributed by atoms with Gasteiger partial charge >= 0.3 is 12.1 Å². The van der Waals surface area contributed by atoms with Crippen molar-refractivity contribution in [3.8, 4) is 5.75 Å². The predicted molar refractivity (Wildman–Crippen MR) is 60.4 cm³/mol. The number of likely N-dealkylation sites (N-methyl/N-ethyl adjacent to an activating group) is 1. The van der Waals surface area contributed by atoms with E-state index in [0.717, 1.165) is 12.6 Å². The molecule has 1 aromatic carbocycles. The molecule has 0 heterocycles. The summed E-state index contributed by atoms with van der Waals surface area (Å²) in [6.07, 6.45) is -4.84. The molecule has 0 unspecified atom stereocenters. The van der Waals surface area contributed by atoms with Crippen LogP contribution in [0.15, 0.2) is 24.3 Å². The van der Waals surface area contributed by atoms with Gasteiger partial charge in [-0.1, -0.05) is 12.1 Å². The third-order valence-electron chi connectivity index (χ3n) is 2.27. The van der Waals surface area contributed by atoms with Crippen LogP contribution in [-0.2, 0) is 4.79 Å². The van der Waals surface area contributed by atoms with Gasteiger partial charge < -0.3 is 9.64 Å². The van der Waals surface area contributed by atoms with E-state index in [1.165, 1.54) is 0 Å². The second-order valence-electron chi connectivity index (χ2n) is 3.89. The van der Waals surface area contributed by atoms with Gasteiger partial charge in [0.1, 0.15) is 12.4 Å². The molecule has 6 heteroatoms. The summed E-state index contributed by atoms with van der Waals surface area (Å²) >= 11 is 0. The summed E-state index contributed by atoms with van der Waals surface area (Å²) < 4.78 is 41.5. The van der Waals surface area contributed by atoms with Gasteiger partial charge in [-0.3, -0.25) is 4.79 Å². The second kappa shape index (κ2) is 5.75. The number of hydrogen-bond acceptors (Lipinski definition) is 2. The summed E-state index contributed by atoms with van der Waals surface area (Å²) in [5.41, 5.74) is 0.993. The van der Waals surface area contributed by atoms with Gasteiger partial charge in [0, 0.05) is 7.05 Å². The molecule has 0 fully saturated rings. The number of amides is 1. The van der Waals surface area contributed by atoms with E-state index >= 15 is 0 Å². The zero-order valence-corrected chi connectivity index (χ0v) is 10.1. The monoisotopic (exact) mass is 261 g/mol. The Hall–Kier alpha value is -1.72. The summed E-state index contributed by atoms with van der Waals surface area (Å²) in [4.78, 5) is 11.4. The summed E-state index contributed by atoms with van der Waals surface area (Å²) in [5, 5.41) is 0. The maximum Gasteiger partial charge on any atom is 0.471 e. The quantitative estimate of drug-likeness (QED) is 0.833. The molecule has 0 saturated heterocycles. The van der Waals surface area contributed by atoms with Crippen LogP contribution in [0.2, 0.25) is 0 Å². The minimum Gasteiger partial charge on any atom is -0.492 e. The van der Waals surface area contributed by atoms with E-state index in [4.69, 9.17) is 4.74 Å². The highest BCUT2D eigenvalue weighted by molar-refractivity contribution is 5.81. The van der Waals surface area contributed by atoms with Gasteiger partial charge in [0.25, 0.3) is 0 Å². The molecular formula is C12H14F3NO2. The number of hydrogen-bond donors (Lipinski definition) is 0. The molecule has 1 amide bonds. The Labute approximate surface area is 103 Å². The SMILES string of the molecule is Cc1cccc(OCCN(C)C(=O)C(F)(F)F)c1. The van der Waals surface area contributed by atoms with Crippen molar-refractivity contribution in [3.63, 3.8) is 0 Å². The van der Waals surface area contributed by atoms with Gasteiger partial charge in [0.15, 0.2) is 0 Å². The lowest BCUT2D eigenvalue weighted by molar-refractivity contribution is -0.184. The van der Waals surface area contributed by atoms with E-state index in [2.05, 4.69) is 0 Å². The van der Waals surface area contributed by atoms with Crippen molar-refractivity contribution in [1.82, 2.24) is 4.90 Å². The van der Waals surface area contributed by atoms with Crippen LogP contribution in [0, 0.1) is 6.92 Å². The van der Waals surface area contributed by atoms with E-state index in [1.807, 2.05) is 13.0 Å². The summed E-state index contributed by atoms with van der Waals surface area (Å²) in [6, 6.07) is 7.14. The molecular weight excluding hydrogens is 247 g/mol. The molecule has 0 saturated carbocycles. The van der Waals surface area contributed by atoms with Crippen LogP contribution < -0.4 is 4.74 Å². The normalized spacial score (nSPS) is 11.2. The molecule has 0 aliphatic heterocycles. The van der Waals surface area contributed by atoms with Crippen molar-refractivity contribution >= 4 is 5.91 Å². The third kappa shape index (κ3) is 4.27. The van der Waals surface area contributed by atoms with Crippen LogP contribution in [0.3, 0.4) is 0 Å². The number of carbonyl (C=O) groups is 1. The Morgan fingerprint density at radius 1 is 1.39 bits per heavy atom. The minimum absolute atomic E-state index is 0.0156. The summed E-state index contributed by atoms with van der Waals surface area (Å²) in [6.45, 7) is 1.78. The van der Waals surface area contributed by atoms with Crippen molar-refractivity contribution in [2.75, 3.05) is 20.2 Å².